The highest BCUT2D eigenvalue weighted by Crippen LogP contribution is 1.86. The quantitative estimate of drug-likeness (QED) is 0.432. The molecule has 0 aromatic rings. The lowest BCUT2D eigenvalue weighted by atomic mass is 10.3. The summed E-state index contributed by atoms with van der Waals surface area (Å²) in [6.45, 7) is -0.323. The number of hydroxylamine groups is 1. The molecule has 0 radical (unpaired) electrons. The van der Waals surface area contributed by atoms with Crippen molar-refractivity contribution in [2.24, 2.45) is 11.5 Å². The highest BCUT2D eigenvalue weighted by atomic mass is 16.7. The Hall–Kier alpha value is -1.63. The van der Waals surface area contributed by atoms with Crippen LogP contribution >= 0.6 is 0 Å². The fourth-order valence-corrected chi connectivity index (χ4v) is 0.443. The highest BCUT2D eigenvalue weighted by Gasteiger charge is 2.06. The van der Waals surface area contributed by atoms with Crippen molar-refractivity contribution in [3.05, 3.63) is 0 Å². The van der Waals surface area contributed by atoms with Crippen molar-refractivity contribution in [1.29, 1.82) is 0 Å². The number of carbonyl (C=O) groups excluding carboxylic acids is 3. The lowest BCUT2D eigenvalue weighted by Gasteiger charge is -2.02. The zero-order valence-electron chi connectivity index (χ0n) is 6.91. The van der Waals surface area contributed by atoms with E-state index in [1.54, 1.807) is 0 Å². The van der Waals surface area contributed by atoms with Crippen LogP contribution < -0.4 is 16.9 Å². The number of amides is 2. The van der Waals surface area contributed by atoms with Gasteiger partial charge in [-0.1, -0.05) is 0 Å². The molecule has 0 bridgehead atoms. The van der Waals surface area contributed by atoms with Crippen LogP contribution in [0.25, 0.3) is 0 Å². The molecule has 0 aromatic heterocycles. The number of primary amides is 1. The Morgan fingerprint density at radius 1 is 1.23 bits per heavy atom. The van der Waals surface area contributed by atoms with Crippen molar-refractivity contribution in [1.82, 2.24) is 5.48 Å². The lowest BCUT2D eigenvalue weighted by molar-refractivity contribution is -0.156. The minimum atomic E-state index is -0.757. The summed E-state index contributed by atoms with van der Waals surface area (Å²) in [5.41, 5.74) is 11.5. The third-order valence-electron chi connectivity index (χ3n) is 1.04. The van der Waals surface area contributed by atoms with Crippen LogP contribution in [0.4, 0.5) is 0 Å². The summed E-state index contributed by atoms with van der Waals surface area (Å²) < 4.78 is 0. The largest absolute Gasteiger partial charge is 0.370 e. The van der Waals surface area contributed by atoms with E-state index in [4.69, 9.17) is 11.5 Å². The average molecular weight is 189 g/mol. The van der Waals surface area contributed by atoms with E-state index in [0.29, 0.717) is 0 Å². The molecule has 2 amide bonds. The van der Waals surface area contributed by atoms with Crippen LogP contribution in [0.2, 0.25) is 0 Å². The number of carbonyl (C=O) groups is 3. The molecule has 0 saturated heterocycles. The van der Waals surface area contributed by atoms with Crippen LogP contribution in [-0.2, 0) is 19.2 Å². The minimum Gasteiger partial charge on any atom is -0.370 e. The second-order valence-corrected chi connectivity index (χ2v) is 2.17. The van der Waals surface area contributed by atoms with E-state index in [9.17, 15) is 14.4 Å². The molecule has 13 heavy (non-hydrogen) atoms. The minimum absolute atomic E-state index is 0.0913. The molecule has 0 unspecified atom stereocenters. The third kappa shape index (κ3) is 6.76. The van der Waals surface area contributed by atoms with Gasteiger partial charge in [0.05, 0.1) is 6.54 Å². The van der Waals surface area contributed by atoms with Gasteiger partial charge in [-0.3, -0.25) is 9.59 Å². The first-order chi connectivity index (χ1) is 6.06. The Bertz CT molecular complexity index is 216. The highest BCUT2D eigenvalue weighted by molar-refractivity contribution is 5.83. The molecule has 7 nitrogen and oxygen atoms in total. The fourth-order valence-electron chi connectivity index (χ4n) is 0.443. The summed E-state index contributed by atoms with van der Waals surface area (Å²) in [6, 6.07) is 0. The van der Waals surface area contributed by atoms with Crippen molar-refractivity contribution in [3.63, 3.8) is 0 Å². The van der Waals surface area contributed by atoms with E-state index in [1.165, 1.54) is 0 Å². The average Bonchev–Trinajstić information content (AvgIpc) is 2.10. The summed E-state index contributed by atoms with van der Waals surface area (Å²) in [5, 5.41) is 0. The Balaban J connectivity index is 3.52. The number of hydrogen-bond acceptors (Lipinski definition) is 5. The molecule has 0 aliphatic rings. The normalized spacial score (nSPS) is 9.00. The predicted octanol–water partition coefficient (Wildman–Crippen LogP) is -2.21. The Labute approximate surface area is 74.3 Å². The molecule has 7 heteroatoms. The second-order valence-electron chi connectivity index (χ2n) is 2.17. The van der Waals surface area contributed by atoms with Gasteiger partial charge in [0.1, 0.15) is 0 Å². The summed E-state index contributed by atoms with van der Waals surface area (Å²) in [4.78, 5) is 35.5. The van der Waals surface area contributed by atoms with E-state index in [1.807, 2.05) is 5.48 Å². The molecular weight excluding hydrogens is 178 g/mol. The smallest absolute Gasteiger partial charge is 0.345 e. The number of hydrogen-bond donors (Lipinski definition) is 3. The predicted molar refractivity (Wildman–Crippen MR) is 41.7 cm³/mol. The van der Waals surface area contributed by atoms with Crippen LogP contribution in [0.3, 0.4) is 0 Å². The van der Waals surface area contributed by atoms with Crippen molar-refractivity contribution < 1.29 is 19.2 Å². The van der Waals surface area contributed by atoms with Gasteiger partial charge in [0, 0.05) is 12.8 Å². The van der Waals surface area contributed by atoms with Gasteiger partial charge in [-0.25, -0.2) is 4.79 Å². The summed E-state index contributed by atoms with van der Waals surface area (Å²) in [5.74, 6) is -1.95. The maximum Gasteiger partial charge on any atom is 0.345 e. The first kappa shape index (κ1) is 11.4. The molecule has 0 fully saturated rings. The van der Waals surface area contributed by atoms with Crippen LogP contribution in [0.5, 0.6) is 0 Å². The van der Waals surface area contributed by atoms with Crippen LogP contribution in [-0.4, -0.2) is 24.3 Å². The fraction of sp³-hybridized carbons (Fsp3) is 0.500. The lowest BCUT2D eigenvalue weighted by Crippen LogP contribution is -2.30. The van der Waals surface area contributed by atoms with E-state index in [-0.39, 0.29) is 19.4 Å². The molecule has 0 heterocycles. The maximum absolute atomic E-state index is 10.7. The van der Waals surface area contributed by atoms with E-state index in [0.717, 1.165) is 0 Å². The van der Waals surface area contributed by atoms with Crippen LogP contribution in [0.1, 0.15) is 12.8 Å². The molecule has 0 rings (SSSR count). The monoisotopic (exact) mass is 189 g/mol. The van der Waals surface area contributed by atoms with Gasteiger partial charge in [0.2, 0.25) is 5.91 Å². The van der Waals surface area contributed by atoms with Crippen molar-refractivity contribution >= 4 is 17.8 Å². The number of rotatable bonds is 4. The second kappa shape index (κ2) is 5.95. The SMILES string of the molecule is NCC(=O)ONC(=O)CCC(N)=O. The zero-order chi connectivity index (χ0) is 10.3. The maximum atomic E-state index is 10.7. The molecule has 0 saturated carbocycles. The van der Waals surface area contributed by atoms with Crippen LogP contribution in [0.15, 0.2) is 0 Å². The molecule has 0 aliphatic carbocycles. The summed E-state index contributed by atoms with van der Waals surface area (Å²) in [7, 11) is 0. The van der Waals surface area contributed by atoms with E-state index >= 15 is 0 Å². The van der Waals surface area contributed by atoms with Gasteiger partial charge >= 0.3 is 5.97 Å². The summed E-state index contributed by atoms with van der Waals surface area (Å²) >= 11 is 0. The number of nitrogens with two attached hydrogens (primary N) is 2. The van der Waals surface area contributed by atoms with Crippen molar-refractivity contribution in [2.45, 2.75) is 12.8 Å². The summed E-state index contributed by atoms with van der Waals surface area (Å²) in [6.07, 6.45) is -0.209. The Morgan fingerprint density at radius 2 is 1.85 bits per heavy atom. The van der Waals surface area contributed by atoms with Crippen LogP contribution in [0, 0.1) is 0 Å². The van der Waals surface area contributed by atoms with Gasteiger partial charge in [0.15, 0.2) is 0 Å². The van der Waals surface area contributed by atoms with Crippen molar-refractivity contribution in [2.75, 3.05) is 6.54 Å². The van der Waals surface area contributed by atoms with Gasteiger partial charge in [0.25, 0.3) is 5.91 Å². The topological polar surface area (TPSA) is 125 Å². The first-order valence-corrected chi connectivity index (χ1v) is 3.53. The van der Waals surface area contributed by atoms with Gasteiger partial charge in [-0.05, 0) is 0 Å². The molecule has 74 valence electrons. The molecule has 0 atom stereocenters. The van der Waals surface area contributed by atoms with Gasteiger partial charge in [-0.2, -0.15) is 5.48 Å². The Kier molecular flexibility index (Phi) is 5.20. The van der Waals surface area contributed by atoms with E-state index < -0.39 is 17.8 Å². The third-order valence-corrected chi connectivity index (χ3v) is 1.04. The van der Waals surface area contributed by atoms with Gasteiger partial charge in [-0.15, -0.1) is 0 Å². The first-order valence-electron chi connectivity index (χ1n) is 3.53. The van der Waals surface area contributed by atoms with E-state index in [2.05, 4.69) is 4.84 Å². The molecular formula is C6H11N3O4. The Morgan fingerprint density at radius 3 is 2.31 bits per heavy atom. The standard InChI is InChI=1S/C6H11N3O4/c7-3-6(12)13-9-5(11)2-1-4(8)10/h1-3,7H2,(H2,8,10)(H,9,11). The molecule has 0 aliphatic heterocycles. The zero-order valence-corrected chi connectivity index (χ0v) is 6.91. The van der Waals surface area contributed by atoms with Gasteiger partial charge < -0.3 is 16.3 Å². The molecule has 0 aromatic carbocycles. The number of nitrogens with one attached hydrogen (secondary N) is 1. The molecule has 0 spiro atoms. The molecule has 5 N–H and O–H groups in total. The van der Waals surface area contributed by atoms with Crippen molar-refractivity contribution in [3.8, 4) is 0 Å².